The molecule has 0 radical (unpaired) electrons. The van der Waals surface area contributed by atoms with Crippen molar-refractivity contribution in [2.45, 2.75) is 12.8 Å². The van der Waals surface area contributed by atoms with Gasteiger partial charge in [0.15, 0.2) is 5.65 Å². The third kappa shape index (κ3) is 2.65. The summed E-state index contributed by atoms with van der Waals surface area (Å²) in [6, 6.07) is 3.57. The lowest BCUT2D eigenvalue weighted by Crippen LogP contribution is -2.14. The van der Waals surface area contributed by atoms with E-state index in [9.17, 15) is 9.59 Å². The molecule has 2 aromatic heterocycles. The van der Waals surface area contributed by atoms with Crippen molar-refractivity contribution >= 4 is 23.2 Å². The highest BCUT2D eigenvalue weighted by molar-refractivity contribution is 5.95. The number of hydrogen-bond donors (Lipinski definition) is 1. The van der Waals surface area contributed by atoms with E-state index in [1.807, 2.05) is 12.3 Å². The number of esters is 1. The predicted molar refractivity (Wildman–Crippen MR) is 65.1 cm³/mol. The third-order valence-electron chi connectivity index (χ3n) is 2.48. The van der Waals surface area contributed by atoms with Crippen molar-refractivity contribution in [2.24, 2.45) is 0 Å². The van der Waals surface area contributed by atoms with Crippen molar-refractivity contribution in [3.63, 3.8) is 0 Å². The zero-order chi connectivity index (χ0) is 13.0. The Bertz CT molecular complexity index is 577. The molecule has 94 valence electrons. The highest BCUT2D eigenvalue weighted by Crippen LogP contribution is 2.14. The zero-order valence-electron chi connectivity index (χ0n) is 9.92. The average Bonchev–Trinajstić information content (AvgIpc) is 2.85. The average molecular weight is 247 g/mol. The van der Waals surface area contributed by atoms with E-state index >= 15 is 0 Å². The van der Waals surface area contributed by atoms with Gasteiger partial charge >= 0.3 is 5.97 Å². The van der Waals surface area contributed by atoms with Gasteiger partial charge in [0.2, 0.25) is 5.91 Å². The molecule has 1 amide bonds. The minimum Gasteiger partial charge on any atom is -0.469 e. The first-order valence-corrected chi connectivity index (χ1v) is 5.49. The minimum atomic E-state index is -0.399. The lowest BCUT2D eigenvalue weighted by molar-refractivity contribution is -0.141. The molecule has 0 unspecified atom stereocenters. The Labute approximate surface area is 104 Å². The molecule has 2 heterocycles. The van der Waals surface area contributed by atoms with Crippen molar-refractivity contribution in [3.8, 4) is 0 Å². The first-order valence-electron chi connectivity index (χ1n) is 5.49. The molecule has 0 saturated carbocycles. The van der Waals surface area contributed by atoms with Gasteiger partial charge in [0, 0.05) is 25.0 Å². The number of carbonyl (C=O) groups excluding carboxylic acids is 2. The Morgan fingerprint density at radius 1 is 1.39 bits per heavy atom. The number of fused-ring (bicyclic) bond motifs is 1. The van der Waals surface area contributed by atoms with Crippen LogP contribution in [0.2, 0.25) is 0 Å². The van der Waals surface area contributed by atoms with Gasteiger partial charge in [-0.25, -0.2) is 4.98 Å². The van der Waals surface area contributed by atoms with Crippen LogP contribution in [0.3, 0.4) is 0 Å². The number of nitrogens with one attached hydrogen (secondary N) is 1. The molecule has 6 heteroatoms. The highest BCUT2D eigenvalue weighted by atomic mass is 16.5. The van der Waals surface area contributed by atoms with E-state index in [1.54, 1.807) is 22.9 Å². The van der Waals surface area contributed by atoms with Gasteiger partial charge in [0.1, 0.15) is 0 Å². The summed E-state index contributed by atoms with van der Waals surface area (Å²) >= 11 is 0. The first-order chi connectivity index (χ1) is 8.70. The van der Waals surface area contributed by atoms with Crippen LogP contribution in [0.25, 0.3) is 5.65 Å². The summed E-state index contributed by atoms with van der Waals surface area (Å²) in [6.07, 6.45) is 5.44. The molecule has 0 fully saturated rings. The largest absolute Gasteiger partial charge is 0.469 e. The van der Waals surface area contributed by atoms with Crippen molar-refractivity contribution in [3.05, 3.63) is 30.7 Å². The summed E-state index contributed by atoms with van der Waals surface area (Å²) < 4.78 is 6.27. The predicted octanol–water partition coefficient (Wildman–Crippen LogP) is 1.23. The number of anilines is 1. The number of imidazole rings is 1. The Morgan fingerprint density at radius 2 is 2.22 bits per heavy atom. The van der Waals surface area contributed by atoms with Gasteiger partial charge in [0.05, 0.1) is 19.2 Å². The monoisotopic (exact) mass is 247 g/mol. The second kappa shape index (κ2) is 5.31. The van der Waals surface area contributed by atoms with E-state index in [0.29, 0.717) is 11.3 Å². The molecule has 0 aromatic carbocycles. The van der Waals surface area contributed by atoms with E-state index in [0.717, 1.165) is 0 Å². The molecule has 0 aliphatic carbocycles. The SMILES string of the molecule is COC(=O)CCC(=O)Nc1cccn2ccnc12. The molecule has 2 aromatic rings. The van der Waals surface area contributed by atoms with Gasteiger partial charge in [-0.2, -0.15) is 0 Å². The van der Waals surface area contributed by atoms with Crippen molar-refractivity contribution in [1.29, 1.82) is 0 Å². The number of hydrogen-bond acceptors (Lipinski definition) is 4. The third-order valence-corrected chi connectivity index (χ3v) is 2.48. The van der Waals surface area contributed by atoms with Crippen LogP contribution < -0.4 is 5.32 Å². The molecule has 18 heavy (non-hydrogen) atoms. The topological polar surface area (TPSA) is 72.7 Å². The van der Waals surface area contributed by atoms with Gasteiger partial charge in [-0.1, -0.05) is 0 Å². The van der Waals surface area contributed by atoms with Gasteiger partial charge < -0.3 is 14.5 Å². The van der Waals surface area contributed by atoms with Crippen LogP contribution in [0.5, 0.6) is 0 Å². The van der Waals surface area contributed by atoms with Crippen molar-refractivity contribution in [2.75, 3.05) is 12.4 Å². The standard InChI is InChI=1S/C12H13N3O3/c1-18-11(17)5-4-10(16)14-9-3-2-7-15-8-6-13-12(9)15/h2-3,6-8H,4-5H2,1H3,(H,14,16). The normalized spacial score (nSPS) is 10.3. The summed E-state index contributed by atoms with van der Waals surface area (Å²) in [4.78, 5) is 26.7. The smallest absolute Gasteiger partial charge is 0.306 e. The van der Waals surface area contributed by atoms with Crippen LogP contribution in [0.1, 0.15) is 12.8 Å². The minimum absolute atomic E-state index is 0.0693. The fourth-order valence-corrected chi connectivity index (χ4v) is 1.58. The quantitative estimate of drug-likeness (QED) is 0.825. The molecule has 6 nitrogen and oxygen atoms in total. The number of nitrogens with zero attached hydrogens (tertiary/aromatic N) is 2. The Balaban J connectivity index is 2.03. The number of rotatable bonds is 4. The fourth-order valence-electron chi connectivity index (χ4n) is 1.58. The number of amides is 1. The van der Waals surface area contributed by atoms with Crippen LogP contribution >= 0.6 is 0 Å². The van der Waals surface area contributed by atoms with Crippen molar-refractivity contribution < 1.29 is 14.3 Å². The molecule has 0 aliphatic heterocycles. The van der Waals surface area contributed by atoms with Gasteiger partial charge in [0.25, 0.3) is 0 Å². The van der Waals surface area contributed by atoms with E-state index in [2.05, 4.69) is 15.0 Å². The molecule has 2 rings (SSSR count). The number of methoxy groups -OCH3 is 1. The van der Waals surface area contributed by atoms with Crippen LogP contribution in [-0.4, -0.2) is 28.4 Å². The molecule has 0 spiro atoms. The first kappa shape index (κ1) is 12.1. The lowest BCUT2D eigenvalue weighted by atomic mass is 10.3. The van der Waals surface area contributed by atoms with E-state index in [4.69, 9.17) is 0 Å². The van der Waals surface area contributed by atoms with Gasteiger partial charge in [-0.3, -0.25) is 9.59 Å². The number of pyridine rings is 1. The maximum Gasteiger partial charge on any atom is 0.306 e. The highest BCUT2D eigenvalue weighted by Gasteiger charge is 2.09. The second-order valence-corrected chi connectivity index (χ2v) is 3.70. The van der Waals surface area contributed by atoms with Crippen LogP contribution in [0, 0.1) is 0 Å². The van der Waals surface area contributed by atoms with Crippen LogP contribution in [0.4, 0.5) is 5.69 Å². The van der Waals surface area contributed by atoms with Gasteiger partial charge in [-0.05, 0) is 12.1 Å². The lowest BCUT2D eigenvalue weighted by Gasteiger charge is -2.06. The second-order valence-electron chi connectivity index (χ2n) is 3.70. The van der Waals surface area contributed by atoms with Gasteiger partial charge in [-0.15, -0.1) is 0 Å². The summed E-state index contributed by atoms with van der Waals surface area (Å²) in [5, 5.41) is 2.72. The molecular formula is C12H13N3O3. The van der Waals surface area contributed by atoms with E-state index in [1.165, 1.54) is 7.11 Å². The van der Waals surface area contributed by atoms with E-state index in [-0.39, 0.29) is 18.7 Å². The maximum atomic E-state index is 11.6. The molecule has 0 bridgehead atoms. The summed E-state index contributed by atoms with van der Waals surface area (Å²) in [6.45, 7) is 0. The van der Waals surface area contributed by atoms with Crippen LogP contribution in [0.15, 0.2) is 30.7 Å². The van der Waals surface area contributed by atoms with Crippen LogP contribution in [-0.2, 0) is 14.3 Å². The summed E-state index contributed by atoms with van der Waals surface area (Å²) in [5.74, 6) is -0.638. The van der Waals surface area contributed by atoms with E-state index < -0.39 is 5.97 Å². The maximum absolute atomic E-state index is 11.6. The molecule has 0 saturated heterocycles. The number of aromatic nitrogens is 2. The Kier molecular flexibility index (Phi) is 3.57. The zero-order valence-corrected chi connectivity index (χ0v) is 9.92. The molecular weight excluding hydrogens is 234 g/mol. The fraction of sp³-hybridized carbons (Fsp3) is 0.250. The number of ether oxygens (including phenoxy) is 1. The van der Waals surface area contributed by atoms with Crippen molar-refractivity contribution in [1.82, 2.24) is 9.38 Å². The Hall–Kier alpha value is -2.37. The molecule has 0 aliphatic rings. The summed E-state index contributed by atoms with van der Waals surface area (Å²) in [7, 11) is 1.30. The summed E-state index contributed by atoms with van der Waals surface area (Å²) in [5.41, 5.74) is 1.29. The number of carbonyl (C=O) groups is 2. The molecule has 0 atom stereocenters. The molecule has 1 N–H and O–H groups in total. The Morgan fingerprint density at radius 3 is 3.00 bits per heavy atom.